The van der Waals surface area contributed by atoms with Crippen LogP contribution in [-0.4, -0.2) is 39.9 Å². The fraction of sp³-hybridized carbons (Fsp3) is 0.259. The summed E-state index contributed by atoms with van der Waals surface area (Å²) in [6.45, 7) is 5.98. The fourth-order valence-electron chi connectivity index (χ4n) is 4.34. The van der Waals surface area contributed by atoms with Gasteiger partial charge in [-0.25, -0.2) is 4.98 Å². The number of ether oxygens (including phenoxy) is 1. The van der Waals surface area contributed by atoms with E-state index >= 15 is 0 Å². The Labute approximate surface area is 199 Å². The van der Waals surface area contributed by atoms with Crippen molar-refractivity contribution >= 4 is 22.9 Å². The maximum atomic E-state index is 12.2. The highest BCUT2D eigenvalue weighted by molar-refractivity contribution is 5.98. The van der Waals surface area contributed by atoms with Crippen LogP contribution in [0.3, 0.4) is 0 Å². The molecule has 2 aromatic heterocycles. The van der Waals surface area contributed by atoms with Crippen molar-refractivity contribution in [2.45, 2.75) is 33.0 Å². The van der Waals surface area contributed by atoms with Crippen LogP contribution in [-0.2, 0) is 17.9 Å². The molecule has 2 N–H and O–H groups in total. The first kappa shape index (κ1) is 22.0. The summed E-state index contributed by atoms with van der Waals surface area (Å²) in [7, 11) is 1.78. The number of pyridine rings is 1. The lowest BCUT2D eigenvalue weighted by Gasteiger charge is -2.27. The average molecular weight is 456 g/mol. The van der Waals surface area contributed by atoms with E-state index in [-0.39, 0.29) is 12.5 Å². The number of aromatic nitrogens is 2. The molecule has 1 amide bonds. The molecule has 0 aliphatic carbocycles. The largest absolute Gasteiger partial charge is 0.482 e. The van der Waals surface area contributed by atoms with Crippen molar-refractivity contribution in [3.8, 4) is 17.0 Å². The first-order valence-electron chi connectivity index (χ1n) is 11.5. The number of benzene rings is 2. The molecule has 7 heteroatoms. The Morgan fingerprint density at radius 3 is 2.65 bits per heavy atom. The summed E-state index contributed by atoms with van der Waals surface area (Å²) in [5.41, 5.74) is 12.5. The third-order valence-corrected chi connectivity index (χ3v) is 6.37. The van der Waals surface area contributed by atoms with Crippen LogP contribution >= 0.6 is 0 Å². The molecule has 1 aliphatic rings. The molecule has 3 heterocycles. The highest BCUT2D eigenvalue weighted by atomic mass is 16.5. The predicted molar refractivity (Wildman–Crippen MR) is 135 cm³/mol. The van der Waals surface area contributed by atoms with Gasteiger partial charge in [0.15, 0.2) is 6.61 Å². The van der Waals surface area contributed by atoms with Crippen LogP contribution < -0.4 is 15.4 Å². The van der Waals surface area contributed by atoms with E-state index in [1.54, 1.807) is 11.9 Å². The third kappa shape index (κ3) is 4.10. The highest BCUT2D eigenvalue weighted by Gasteiger charge is 2.25. The number of hydrogen-bond acceptors (Lipinski definition) is 5. The molecule has 174 valence electrons. The number of nitrogens with zero attached hydrogens (tertiary/aromatic N) is 4. The molecule has 5 rings (SSSR count). The fourth-order valence-corrected chi connectivity index (χ4v) is 4.34. The zero-order valence-corrected chi connectivity index (χ0v) is 19.7. The van der Waals surface area contributed by atoms with Crippen molar-refractivity contribution in [1.82, 2.24) is 14.3 Å². The summed E-state index contributed by atoms with van der Waals surface area (Å²) in [6.07, 6.45) is 1.93. The Balaban J connectivity index is 1.60. The van der Waals surface area contributed by atoms with Crippen molar-refractivity contribution in [2.75, 3.05) is 24.3 Å². The first-order chi connectivity index (χ1) is 16.4. The standard InChI is InChI=1S/C27H29N5O2/c1-18(2)31(14-19-7-5-4-6-8-19)16-23-27(29-25-12-10-21(28)15-32(23)25)20-9-11-24-22(13-20)30(3)26(33)17-34-24/h4-13,15,18H,14,16-17,28H2,1-3H3. The number of amides is 1. The molecule has 0 bridgehead atoms. The van der Waals surface area contributed by atoms with E-state index < -0.39 is 0 Å². The van der Waals surface area contributed by atoms with Gasteiger partial charge in [0.05, 0.1) is 17.1 Å². The molecule has 34 heavy (non-hydrogen) atoms. The molecule has 7 nitrogen and oxygen atoms in total. The molecule has 0 saturated heterocycles. The number of carbonyl (C=O) groups is 1. The quantitative estimate of drug-likeness (QED) is 0.468. The van der Waals surface area contributed by atoms with Crippen molar-refractivity contribution in [3.63, 3.8) is 0 Å². The normalized spacial score (nSPS) is 13.6. The Bertz CT molecular complexity index is 1350. The SMILES string of the molecule is CC(C)N(Cc1ccccc1)Cc1c(-c2ccc3c(c2)N(C)C(=O)CO3)nc2ccc(N)cn12. The van der Waals surface area contributed by atoms with Crippen molar-refractivity contribution in [1.29, 1.82) is 0 Å². The van der Waals surface area contributed by atoms with Crippen molar-refractivity contribution < 1.29 is 9.53 Å². The van der Waals surface area contributed by atoms with Gasteiger partial charge in [-0.15, -0.1) is 0 Å². The topological polar surface area (TPSA) is 76.1 Å². The number of fused-ring (bicyclic) bond motifs is 2. The van der Waals surface area contributed by atoms with Gasteiger partial charge in [0.2, 0.25) is 0 Å². The van der Waals surface area contributed by atoms with Gasteiger partial charge in [0.25, 0.3) is 5.91 Å². The molecule has 0 spiro atoms. The van der Waals surface area contributed by atoms with E-state index in [0.717, 1.165) is 34.8 Å². The lowest BCUT2D eigenvalue weighted by Crippen LogP contribution is -2.35. The summed E-state index contributed by atoms with van der Waals surface area (Å²) < 4.78 is 7.70. The molecule has 0 saturated carbocycles. The van der Waals surface area contributed by atoms with Crippen LogP contribution in [0.2, 0.25) is 0 Å². The van der Waals surface area contributed by atoms with Gasteiger partial charge in [-0.1, -0.05) is 30.3 Å². The zero-order valence-electron chi connectivity index (χ0n) is 19.7. The average Bonchev–Trinajstić information content (AvgIpc) is 3.19. The minimum Gasteiger partial charge on any atom is -0.482 e. The van der Waals surface area contributed by atoms with Gasteiger partial charge in [0.1, 0.15) is 11.4 Å². The van der Waals surface area contributed by atoms with Gasteiger partial charge in [-0.05, 0) is 49.7 Å². The molecule has 0 unspecified atom stereocenters. The Hall–Kier alpha value is -3.84. The zero-order chi connectivity index (χ0) is 23.8. The van der Waals surface area contributed by atoms with E-state index in [0.29, 0.717) is 24.0 Å². The Kier molecular flexibility index (Phi) is 5.71. The monoisotopic (exact) mass is 455 g/mol. The van der Waals surface area contributed by atoms with Gasteiger partial charge in [-0.2, -0.15) is 0 Å². The van der Waals surface area contributed by atoms with Crippen LogP contribution in [0.1, 0.15) is 25.1 Å². The molecule has 4 aromatic rings. The smallest absolute Gasteiger partial charge is 0.264 e. The van der Waals surface area contributed by atoms with Crippen LogP contribution in [0.4, 0.5) is 11.4 Å². The minimum absolute atomic E-state index is 0.0601. The molecular weight excluding hydrogens is 426 g/mol. The number of hydrogen-bond donors (Lipinski definition) is 1. The summed E-state index contributed by atoms with van der Waals surface area (Å²) in [5.74, 6) is 0.634. The number of carbonyl (C=O) groups excluding carboxylic acids is 1. The summed E-state index contributed by atoms with van der Waals surface area (Å²) in [5, 5.41) is 0. The second-order valence-corrected chi connectivity index (χ2v) is 9.01. The molecule has 1 aliphatic heterocycles. The number of likely N-dealkylation sites (N-methyl/N-ethyl adjacent to an activating group) is 1. The van der Waals surface area contributed by atoms with E-state index in [1.165, 1.54) is 5.56 Å². The molecule has 2 aromatic carbocycles. The number of anilines is 2. The summed E-state index contributed by atoms with van der Waals surface area (Å²) in [6, 6.07) is 20.5. The Morgan fingerprint density at radius 1 is 1.09 bits per heavy atom. The van der Waals surface area contributed by atoms with E-state index in [2.05, 4.69) is 47.4 Å². The van der Waals surface area contributed by atoms with Crippen LogP contribution in [0.15, 0.2) is 66.9 Å². The number of imidazole rings is 1. The maximum Gasteiger partial charge on any atom is 0.264 e. The van der Waals surface area contributed by atoms with Crippen LogP contribution in [0.5, 0.6) is 5.75 Å². The molecule has 0 atom stereocenters. The van der Waals surface area contributed by atoms with Crippen LogP contribution in [0.25, 0.3) is 16.9 Å². The lowest BCUT2D eigenvalue weighted by atomic mass is 10.1. The van der Waals surface area contributed by atoms with Gasteiger partial charge in [-0.3, -0.25) is 9.69 Å². The van der Waals surface area contributed by atoms with Gasteiger partial charge in [0, 0.05) is 43.6 Å². The molecular formula is C27H29N5O2. The number of nitrogen functional groups attached to an aromatic ring is 1. The summed E-state index contributed by atoms with van der Waals surface area (Å²) >= 11 is 0. The van der Waals surface area contributed by atoms with Crippen LogP contribution in [0, 0.1) is 0 Å². The van der Waals surface area contributed by atoms with E-state index in [4.69, 9.17) is 15.5 Å². The molecule has 0 radical (unpaired) electrons. The molecule has 0 fully saturated rings. The van der Waals surface area contributed by atoms with Crippen molar-refractivity contribution in [3.05, 3.63) is 78.1 Å². The highest BCUT2D eigenvalue weighted by Crippen LogP contribution is 2.37. The van der Waals surface area contributed by atoms with Gasteiger partial charge >= 0.3 is 0 Å². The lowest BCUT2D eigenvalue weighted by molar-refractivity contribution is -0.120. The Morgan fingerprint density at radius 2 is 1.88 bits per heavy atom. The van der Waals surface area contributed by atoms with E-state index in [1.807, 2.05) is 42.6 Å². The third-order valence-electron chi connectivity index (χ3n) is 6.37. The second-order valence-electron chi connectivity index (χ2n) is 9.01. The maximum absolute atomic E-state index is 12.2. The predicted octanol–water partition coefficient (Wildman–Crippen LogP) is 4.35. The van der Waals surface area contributed by atoms with Crippen molar-refractivity contribution in [2.24, 2.45) is 0 Å². The number of nitrogens with two attached hydrogens (primary N) is 1. The number of rotatable bonds is 6. The van der Waals surface area contributed by atoms with E-state index in [9.17, 15) is 4.79 Å². The minimum atomic E-state index is -0.0681. The first-order valence-corrected chi connectivity index (χ1v) is 11.5. The van der Waals surface area contributed by atoms with Gasteiger partial charge < -0.3 is 19.8 Å². The second kappa shape index (κ2) is 8.83. The summed E-state index contributed by atoms with van der Waals surface area (Å²) in [4.78, 5) is 21.2.